The van der Waals surface area contributed by atoms with Crippen molar-refractivity contribution in [2.75, 3.05) is 5.73 Å². The molecule has 80 valence electrons. The van der Waals surface area contributed by atoms with Gasteiger partial charge in [-0.15, -0.1) is 0 Å². The second kappa shape index (κ2) is 5.05. The van der Waals surface area contributed by atoms with E-state index < -0.39 is 0 Å². The highest BCUT2D eigenvalue weighted by Crippen LogP contribution is 2.05. The first-order chi connectivity index (χ1) is 7.08. The van der Waals surface area contributed by atoms with Crippen LogP contribution in [0, 0.1) is 0 Å². The van der Waals surface area contributed by atoms with Gasteiger partial charge >= 0.3 is 0 Å². The van der Waals surface area contributed by atoms with Crippen molar-refractivity contribution in [1.29, 1.82) is 0 Å². The van der Waals surface area contributed by atoms with Crippen molar-refractivity contribution in [2.45, 2.75) is 13.3 Å². The Morgan fingerprint density at radius 3 is 2.47 bits per heavy atom. The average Bonchev–Trinajstić information content (AvgIpc) is 2.19. The summed E-state index contributed by atoms with van der Waals surface area (Å²) in [7, 11) is 0. The molecule has 0 heterocycles. The summed E-state index contributed by atoms with van der Waals surface area (Å²) in [5.74, 6) is -0.109. The summed E-state index contributed by atoms with van der Waals surface area (Å²) in [6.45, 7) is 5.37. The molecule has 0 radical (unpaired) electrons. The fourth-order valence-corrected chi connectivity index (χ4v) is 1.04. The topological polar surface area (TPSA) is 67.1 Å². The molecule has 4 nitrogen and oxygen atoms in total. The molecule has 1 aromatic rings. The first-order valence-electron chi connectivity index (χ1n) is 4.62. The third-order valence-electron chi connectivity index (χ3n) is 1.76. The zero-order valence-electron chi connectivity index (χ0n) is 8.71. The highest BCUT2D eigenvalue weighted by molar-refractivity contribution is 5.78. The Bertz CT molecular complexity index is 357. The van der Waals surface area contributed by atoms with E-state index in [0.29, 0.717) is 17.8 Å². The summed E-state index contributed by atoms with van der Waals surface area (Å²) in [5, 5.41) is 0. The van der Waals surface area contributed by atoms with Crippen molar-refractivity contribution in [3.8, 4) is 0 Å². The first-order valence-corrected chi connectivity index (χ1v) is 4.62. The van der Waals surface area contributed by atoms with Gasteiger partial charge in [0, 0.05) is 11.4 Å². The number of rotatable bonds is 4. The molecule has 0 aliphatic rings. The Balaban J connectivity index is 2.44. The largest absolute Gasteiger partial charge is 0.399 e. The van der Waals surface area contributed by atoms with Gasteiger partial charge in [0.05, 0.1) is 6.42 Å². The highest BCUT2D eigenvalue weighted by atomic mass is 16.2. The van der Waals surface area contributed by atoms with Gasteiger partial charge in [0.25, 0.3) is 0 Å². The van der Waals surface area contributed by atoms with Crippen molar-refractivity contribution in [3.05, 3.63) is 42.1 Å². The van der Waals surface area contributed by atoms with Crippen molar-refractivity contribution in [2.24, 2.45) is 0 Å². The lowest BCUT2D eigenvalue weighted by atomic mass is 10.1. The second-order valence-electron chi connectivity index (χ2n) is 3.37. The van der Waals surface area contributed by atoms with Crippen LogP contribution in [0.25, 0.3) is 0 Å². The zero-order valence-corrected chi connectivity index (χ0v) is 8.71. The number of hydrogen-bond donors (Lipinski definition) is 3. The number of carbonyl (C=O) groups excluding carboxylic acids is 1. The number of carbonyl (C=O) groups is 1. The van der Waals surface area contributed by atoms with Gasteiger partial charge in [-0.2, -0.15) is 0 Å². The van der Waals surface area contributed by atoms with E-state index in [9.17, 15) is 4.79 Å². The second-order valence-corrected chi connectivity index (χ2v) is 3.37. The predicted octanol–water partition coefficient (Wildman–Crippen LogP) is 0.966. The van der Waals surface area contributed by atoms with Crippen LogP contribution in [-0.4, -0.2) is 5.91 Å². The molecule has 0 spiro atoms. The molecule has 4 N–H and O–H groups in total. The molecular weight excluding hydrogens is 190 g/mol. The number of allylic oxidation sites excluding steroid dienone is 1. The molecule has 0 unspecified atom stereocenters. The number of nitrogen functional groups attached to an aromatic ring is 1. The maximum absolute atomic E-state index is 11.4. The quantitative estimate of drug-likeness (QED) is 0.506. The monoisotopic (exact) mass is 205 g/mol. The van der Waals surface area contributed by atoms with Gasteiger partial charge in [0.2, 0.25) is 5.91 Å². The fraction of sp³-hybridized carbons (Fsp3) is 0.182. The lowest BCUT2D eigenvalue weighted by molar-refractivity contribution is -0.121. The average molecular weight is 205 g/mol. The molecule has 1 rings (SSSR count). The molecule has 0 aliphatic carbocycles. The third kappa shape index (κ3) is 4.17. The summed E-state index contributed by atoms with van der Waals surface area (Å²) < 4.78 is 0. The van der Waals surface area contributed by atoms with Crippen LogP contribution in [-0.2, 0) is 11.2 Å². The van der Waals surface area contributed by atoms with E-state index in [1.807, 2.05) is 12.1 Å². The number of anilines is 1. The maximum atomic E-state index is 11.4. The van der Waals surface area contributed by atoms with Crippen molar-refractivity contribution >= 4 is 11.6 Å². The first kappa shape index (κ1) is 11.1. The Morgan fingerprint density at radius 2 is 1.93 bits per heavy atom. The number of benzene rings is 1. The number of hydrogen-bond acceptors (Lipinski definition) is 3. The molecule has 0 saturated heterocycles. The van der Waals surface area contributed by atoms with E-state index in [1.165, 1.54) is 0 Å². The molecular formula is C11H15N3O. The summed E-state index contributed by atoms with van der Waals surface area (Å²) >= 11 is 0. The summed E-state index contributed by atoms with van der Waals surface area (Å²) in [4.78, 5) is 11.4. The number of amides is 1. The zero-order chi connectivity index (χ0) is 11.3. The van der Waals surface area contributed by atoms with Crippen LogP contribution < -0.4 is 16.6 Å². The normalized spacial score (nSPS) is 9.40. The lowest BCUT2D eigenvalue weighted by Crippen LogP contribution is -2.36. The van der Waals surface area contributed by atoms with Crippen LogP contribution in [0.1, 0.15) is 12.5 Å². The summed E-state index contributed by atoms with van der Waals surface area (Å²) in [6.07, 6.45) is 0.320. The van der Waals surface area contributed by atoms with E-state index in [0.717, 1.165) is 5.56 Å². The smallest absolute Gasteiger partial charge is 0.242 e. The van der Waals surface area contributed by atoms with Crippen molar-refractivity contribution in [3.63, 3.8) is 0 Å². The minimum absolute atomic E-state index is 0.109. The lowest BCUT2D eigenvalue weighted by Gasteiger charge is -2.07. The Morgan fingerprint density at radius 1 is 1.33 bits per heavy atom. The Kier molecular flexibility index (Phi) is 3.74. The van der Waals surface area contributed by atoms with Gasteiger partial charge in [-0.3, -0.25) is 10.2 Å². The van der Waals surface area contributed by atoms with E-state index in [-0.39, 0.29) is 5.91 Å². The van der Waals surface area contributed by atoms with E-state index >= 15 is 0 Å². The van der Waals surface area contributed by atoms with Crippen molar-refractivity contribution in [1.82, 2.24) is 10.9 Å². The van der Waals surface area contributed by atoms with Crippen LogP contribution in [0.5, 0.6) is 0 Å². The van der Waals surface area contributed by atoms with Gasteiger partial charge < -0.3 is 11.2 Å². The minimum atomic E-state index is -0.109. The SMILES string of the molecule is C=C(C)NNC(=O)Cc1ccc(N)cc1. The van der Waals surface area contributed by atoms with Gasteiger partial charge in [-0.25, -0.2) is 0 Å². The molecule has 4 heteroatoms. The number of hydrazine groups is 1. The molecule has 0 aromatic heterocycles. The molecule has 0 saturated carbocycles. The van der Waals surface area contributed by atoms with E-state index in [2.05, 4.69) is 17.4 Å². The summed E-state index contributed by atoms with van der Waals surface area (Å²) in [6, 6.07) is 7.20. The minimum Gasteiger partial charge on any atom is -0.399 e. The summed E-state index contributed by atoms with van der Waals surface area (Å²) in [5.41, 5.74) is 13.0. The van der Waals surface area contributed by atoms with Crippen LogP contribution in [0.4, 0.5) is 5.69 Å². The van der Waals surface area contributed by atoms with Crippen LogP contribution in [0.15, 0.2) is 36.5 Å². The van der Waals surface area contributed by atoms with E-state index in [4.69, 9.17) is 5.73 Å². The fourth-order valence-electron chi connectivity index (χ4n) is 1.04. The Hall–Kier alpha value is -1.97. The molecule has 0 aliphatic heterocycles. The standard InChI is InChI=1S/C11H15N3O/c1-8(2)13-14-11(15)7-9-3-5-10(12)6-4-9/h3-6,13H,1,7,12H2,2H3,(H,14,15). The molecule has 1 amide bonds. The van der Waals surface area contributed by atoms with Crippen LogP contribution >= 0.6 is 0 Å². The molecule has 15 heavy (non-hydrogen) atoms. The number of nitrogens with one attached hydrogen (secondary N) is 2. The molecule has 0 atom stereocenters. The molecule has 0 fully saturated rings. The van der Waals surface area contributed by atoms with Crippen LogP contribution in [0.3, 0.4) is 0 Å². The predicted molar refractivity (Wildman–Crippen MR) is 60.7 cm³/mol. The number of nitrogens with two attached hydrogens (primary N) is 1. The van der Waals surface area contributed by atoms with Crippen molar-refractivity contribution < 1.29 is 4.79 Å². The highest BCUT2D eigenvalue weighted by Gasteiger charge is 2.01. The third-order valence-corrected chi connectivity index (χ3v) is 1.76. The van der Waals surface area contributed by atoms with Gasteiger partial charge in [0.15, 0.2) is 0 Å². The van der Waals surface area contributed by atoms with Crippen LogP contribution in [0.2, 0.25) is 0 Å². The Labute approximate surface area is 89.1 Å². The van der Waals surface area contributed by atoms with E-state index in [1.54, 1.807) is 19.1 Å². The van der Waals surface area contributed by atoms with Gasteiger partial charge in [-0.1, -0.05) is 18.7 Å². The molecule has 1 aromatic carbocycles. The van der Waals surface area contributed by atoms with Gasteiger partial charge in [-0.05, 0) is 24.6 Å². The van der Waals surface area contributed by atoms with Gasteiger partial charge in [0.1, 0.15) is 0 Å². The molecule has 0 bridgehead atoms. The maximum Gasteiger partial charge on any atom is 0.242 e.